The quantitative estimate of drug-likeness (QED) is 0.668. The van der Waals surface area contributed by atoms with Crippen molar-refractivity contribution in [3.8, 4) is 0 Å². The van der Waals surface area contributed by atoms with Crippen LogP contribution >= 0.6 is 11.3 Å². The van der Waals surface area contributed by atoms with E-state index in [2.05, 4.69) is 11.5 Å². The van der Waals surface area contributed by atoms with Crippen LogP contribution in [0.4, 0.5) is 8.78 Å². The number of hydrogen-bond acceptors (Lipinski definition) is 3. The van der Waals surface area contributed by atoms with E-state index in [-0.39, 0.29) is 18.0 Å². The number of rotatable bonds is 4. The Morgan fingerprint density at radius 3 is 2.57 bits per heavy atom. The molecule has 5 heteroatoms. The Morgan fingerprint density at radius 2 is 1.90 bits per heavy atom. The molecule has 0 saturated heterocycles. The van der Waals surface area contributed by atoms with Crippen LogP contribution in [0.5, 0.6) is 0 Å². The van der Waals surface area contributed by atoms with E-state index >= 15 is 0 Å². The summed E-state index contributed by atoms with van der Waals surface area (Å²) in [6, 6.07) is 5.83. The summed E-state index contributed by atoms with van der Waals surface area (Å²) in [5.41, 5.74) is 4.17. The van der Waals surface area contributed by atoms with Crippen LogP contribution in [0, 0.1) is 11.6 Å². The van der Waals surface area contributed by atoms with Crippen molar-refractivity contribution in [2.45, 2.75) is 38.1 Å². The molecule has 1 atom stereocenters. The first kappa shape index (κ1) is 14.6. The highest BCUT2D eigenvalue weighted by Gasteiger charge is 2.21. The van der Waals surface area contributed by atoms with Crippen molar-refractivity contribution in [1.82, 2.24) is 5.43 Å². The van der Waals surface area contributed by atoms with E-state index in [9.17, 15) is 8.78 Å². The minimum atomic E-state index is -0.517. The fraction of sp³-hybridized carbons (Fsp3) is 0.375. The minimum absolute atomic E-state index is 0.0896. The Morgan fingerprint density at radius 1 is 1.19 bits per heavy atom. The van der Waals surface area contributed by atoms with Gasteiger partial charge in [0.25, 0.3) is 0 Å². The zero-order valence-corrected chi connectivity index (χ0v) is 12.5. The van der Waals surface area contributed by atoms with Gasteiger partial charge in [-0.25, -0.2) is 8.78 Å². The molecular weight excluding hydrogens is 290 g/mol. The van der Waals surface area contributed by atoms with E-state index < -0.39 is 11.6 Å². The highest BCUT2D eigenvalue weighted by atomic mass is 32.1. The number of hydrogen-bond donors (Lipinski definition) is 2. The van der Waals surface area contributed by atoms with Gasteiger partial charge in [-0.3, -0.25) is 11.3 Å². The number of thiophene rings is 1. The number of nitrogens with one attached hydrogen (secondary N) is 1. The van der Waals surface area contributed by atoms with Crippen LogP contribution in [0.3, 0.4) is 0 Å². The van der Waals surface area contributed by atoms with E-state index in [1.165, 1.54) is 41.5 Å². The summed E-state index contributed by atoms with van der Waals surface area (Å²) in [4.78, 5) is 2.46. The first-order valence-electron chi connectivity index (χ1n) is 7.19. The van der Waals surface area contributed by atoms with Crippen LogP contribution in [-0.4, -0.2) is 0 Å². The standard InChI is InChI=1S/C16H18F2N2S/c17-12-5-3-6-13(18)11(12)9-14(20-19)16-8-10-4-1-2-7-15(10)21-16/h3,5-6,8,14,20H,1-2,4,7,9,19H2. The van der Waals surface area contributed by atoms with Crippen molar-refractivity contribution in [2.75, 3.05) is 0 Å². The van der Waals surface area contributed by atoms with Gasteiger partial charge in [-0.05, 0) is 55.9 Å². The third-order valence-corrected chi connectivity index (χ3v) is 5.38. The molecule has 3 rings (SSSR count). The molecule has 0 fully saturated rings. The number of hydrazine groups is 1. The highest BCUT2D eigenvalue weighted by molar-refractivity contribution is 7.12. The molecule has 1 aromatic heterocycles. The summed E-state index contributed by atoms with van der Waals surface area (Å²) in [6.45, 7) is 0. The lowest BCUT2D eigenvalue weighted by Crippen LogP contribution is -2.29. The maximum atomic E-state index is 13.8. The van der Waals surface area contributed by atoms with Gasteiger partial charge in [-0.1, -0.05) is 6.07 Å². The lowest BCUT2D eigenvalue weighted by molar-refractivity contribution is 0.504. The average Bonchev–Trinajstić information content (AvgIpc) is 2.90. The molecule has 2 nitrogen and oxygen atoms in total. The Hall–Kier alpha value is -1.30. The van der Waals surface area contributed by atoms with Crippen LogP contribution in [0.1, 0.15) is 39.8 Å². The van der Waals surface area contributed by atoms with Crippen LogP contribution in [0.2, 0.25) is 0 Å². The van der Waals surface area contributed by atoms with Gasteiger partial charge in [0.1, 0.15) is 11.6 Å². The SMILES string of the molecule is NNC(Cc1c(F)cccc1F)c1cc2c(s1)CCCC2. The van der Waals surface area contributed by atoms with Crippen molar-refractivity contribution in [2.24, 2.45) is 5.84 Å². The normalized spacial score (nSPS) is 15.8. The summed E-state index contributed by atoms with van der Waals surface area (Å²) < 4.78 is 27.6. The van der Waals surface area contributed by atoms with Crippen molar-refractivity contribution < 1.29 is 8.78 Å². The van der Waals surface area contributed by atoms with E-state index in [1.54, 1.807) is 11.3 Å². The van der Waals surface area contributed by atoms with Crippen LogP contribution in [-0.2, 0) is 19.3 Å². The Kier molecular flexibility index (Phi) is 4.33. The molecular formula is C16H18F2N2S. The van der Waals surface area contributed by atoms with E-state index in [1.807, 2.05) is 0 Å². The zero-order chi connectivity index (χ0) is 14.8. The van der Waals surface area contributed by atoms with Gasteiger partial charge in [0.15, 0.2) is 0 Å². The molecule has 0 spiro atoms. The van der Waals surface area contributed by atoms with Gasteiger partial charge in [-0.15, -0.1) is 11.3 Å². The summed E-state index contributed by atoms with van der Waals surface area (Å²) in [7, 11) is 0. The van der Waals surface area contributed by atoms with E-state index in [0.717, 1.165) is 17.7 Å². The molecule has 0 aliphatic heterocycles. The fourth-order valence-electron chi connectivity index (χ4n) is 2.86. The lowest BCUT2D eigenvalue weighted by Gasteiger charge is -2.15. The predicted molar refractivity (Wildman–Crippen MR) is 81.1 cm³/mol. The second-order valence-corrected chi connectivity index (χ2v) is 6.60. The summed E-state index contributed by atoms with van der Waals surface area (Å²) in [6.07, 6.45) is 4.85. The van der Waals surface area contributed by atoms with E-state index in [4.69, 9.17) is 5.84 Å². The van der Waals surface area contributed by atoms with Gasteiger partial charge in [-0.2, -0.15) is 0 Å². The molecule has 112 valence electrons. The van der Waals surface area contributed by atoms with Gasteiger partial charge < -0.3 is 0 Å². The first-order valence-corrected chi connectivity index (χ1v) is 8.01. The summed E-state index contributed by atoms with van der Waals surface area (Å²) in [5, 5.41) is 0. The molecule has 1 unspecified atom stereocenters. The fourth-order valence-corrected chi connectivity index (χ4v) is 4.18. The molecule has 2 aromatic rings. The van der Waals surface area contributed by atoms with Gasteiger partial charge >= 0.3 is 0 Å². The molecule has 3 N–H and O–H groups in total. The molecule has 0 radical (unpaired) electrons. The zero-order valence-electron chi connectivity index (χ0n) is 11.7. The largest absolute Gasteiger partial charge is 0.271 e. The highest BCUT2D eigenvalue weighted by Crippen LogP contribution is 2.34. The topological polar surface area (TPSA) is 38.0 Å². The summed E-state index contributed by atoms with van der Waals surface area (Å²) >= 11 is 1.71. The molecule has 1 aromatic carbocycles. The molecule has 21 heavy (non-hydrogen) atoms. The maximum absolute atomic E-state index is 13.8. The van der Waals surface area contributed by atoms with Crippen molar-refractivity contribution >= 4 is 11.3 Å². The van der Waals surface area contributed by atoms with Gasteiger partial charge in [0, 0.05) is 15.3 Å². The summed E-state index contributed by atoms with van der Waals surface area (Å²) in [5.74, 6) is 4.59. The number of fused-ring (bicyclic) bond motifs is 1. The molecule has 0 bridgehead atoms. The smallest absolute Gasteiger partial charge is 0.129 e. The van der Waals surface area contributed by atoms with Crippen molar-refractivity contribution in [3.05, 3.63) is 56.8 Å². The number of benzene rings is 1. The first-order chi connectivity index (χ1) is 10.2. The Labute approximate surface area is 127 Å². The predicted octanol–water partition coefficient (Wildman–Crippen LogP) is 3.65. The maximum Gasteiger partial charge on any atom is 0.129 e. The third-order valence-electron chi connectivity index (χ3n) is 4.03. The van der Waals surface area contributed by atoms with Crippen LogP contribution < -0.4 is 11.3 Å². The second kappa shape index (κ2) is 6.22. The molecule has 0 saturated carbocycles. The molecule has 1 aliphatic rings. The van der Waals surface area contributed by atoms with Crippen molar-refractivity contribution in [1.29, 1.82) is 0 Å². The molecule has 0 amide bonds. The Balaban J connectivity index is 1.87. The molecule has 1 aliphatic carbocycles. The monoisotopic (exact) mass is 308 g/mol. The van der Waals surface area contributed by atoms with Crippen molar-refractivity contribution in [3.63, 3.8) is 0 Å². The van der Waals surface area contributed by atoms with Gasteiger partial charge in [0.2, 0.25) is 0 Å². The average molecular weight is 308 g/mol. The second-order valence-electron chi connectivity index (χ2n) is 5.43. The number of halogens is 2. The molecule has 1 heterocycles. The van der Waals surface area contributed by atoms with Crippen LogP contribution in [0.15, 0.2) is 24.3 Å². The number of aryl methyl sites for hydroxylation is 2. The lowest BCUT2D eigenvalue weighted by atomic mass is 9.98. The number of nitrogens with two attached hydrogens (primary N) is 1. The third kappa shape index (κ3) is 3.00. The van der Waals surface area contributed by atoms with Gasteiger partial charge in [0.05, 0.1) is 6.04 Å². The minimum Gasteiger partial charge on any atom is -0.271 e. The van der Waals surface area contributed by atoms with Crippen LogP contribution in [0.25, 0.3) is 0 Å². The van der Waals surface area contributed by atoms with E-state index in [0.29, 0.717) is 0 Å². The Bertz CT molecular complexity index is 595.